The van der Waals surface area contributed by atoms with Gasteiger partial charge in [0.05, 0.1) is 35.6 Å². The predicted octanol–water partition coefficient (Wildman–Crippen LogP) is 3.18. The molecule has 1 aromatic carbocycles. The smallest absolute Gasteiger partial charge is 0.225 e. The highest BCUT2D eigenvalue weighted by Gasteiger charge is 2.39. The van der Waals surface area contributed by atoms with Gasteiger partial charge in [-0.1, -0.05) is 38.1 Å². The summed E-state index contributed by atoms with van der Waals surface area (Å²) in [5.41, 5.74) is 4.62. The van der Waals surface area contributed by atoms with Gasteiger partial charge in [-0.05, 0) is 42.5 Å². The van der Waals surface area contributed by atoms with Gasteiger partial charge in [-0.2, -0.15) is 0 Å². The third-order valence-corrected chi connectivity index (χ3v) is 8.57. The van der Waals surface area contributed by atoms with Gasteiger partial charge in [0, 0.05) is 24.4 Å². The molecular weight excluding hydrogens is 410 g/mol. The number of carbonyl (C=O) groups is 1. The van der Waals surface area contributed by atoms with E-state index in [2.05, 4.69) is 48.4 Å². The van der Waals surface area contributed by atoms with Crippen molar-refractivity contribution in [3.05, 3.63) is 59.4 Å². The van der Waals surface area contributed by atoms with Gasteiger partial charge in [0.25, 0.3) is 0 Å². The number of amides is 1. The van der Waals surface area contributed by atoms with Crippen LogP contribution in [-0.4, -0.2) is 48.8 Å². The molecule has 1 aliphatic carbocycles. The van der Waals surface area contributed by atoms with Crippen molar-refractivity contribution in [1.82, 2.24) is 9.88 Å². The number of carbonyl (C=O) groups excluding carboxylic acids is 1. The van der Waals surface area contributed by atoms with Gasteiger partial charge in [-0.25, -0.2) is 8.42 Å². The monoisotopic (exact) mass is 441 g/mol. The summed E-state index contributed by atoms with van der Waals surface area (Å²) in [6, 6.07) is 12.9. The number of nitrogens with zero attached hydrogens (tertiary/aromatic N) is 2. The molecule has 1 aromatic heterocycles. The number of hydrogen-bond donors (Lipinski definition) is 1. The number of fused-ring (bicyclic) bond motifs is 1. The lowest BCUT2D eigenvalue weighted by atomic mass is 9.83. The molecule has 1 N–H and O–H groups in total. The van der Waals surface area contributed by atoms with Gasteiger partial charge >= 0.3 is 0 Å². The van der Waals surface area contributed by atoms with Crippen LogP contribution in [0.1, 0.15) is 43.5 Å². The highest BCUT2D eigenvalue weighted by Crippen LogP contribution is 2.39. The Morgan fingerprint density at radius 1 is 1.16 bits per heavy atom. The Balaban J connectivity index is 1.35. The Hall–Kier alpha value is -2.41. The average molecular weight is 442 g/mol. The van der Waals surface area contributed by atoms with Crippen LogP contribution in [0.2, 0.25) is 0 Å². The summed E-state index contributed by atoms with van der Waals surface area (Å²) in [7, 11) is -1.20. The summed E-state index contributed by atoms with van der Waals surface area (Å²) >= 11 is 0. The van der Waals surface area contributed by atoms with Crippen LogP contribution in [0, 0.1) is 5.92 Å². The predicted molar refractivity (Wildman–Crippen MR) is 123 cm³/mol. The molecule has 0 radical (unpaired) electrons. The second-order valence-corrected chi connectivity index (χ2v) is 11.7. The van der Waals surface area contributed by atoms with Crippen LogP contribution in [0.15, 0.2) is 42.6 Å². The zero-order chi connectivity index (χ0) is 22.2. The Kier molecular flexibility index (Phi) is 5.81. The van der Waals surface area contributed by atoms with Crippen LogP contribution in [0.4, 0.5) is 5.69 Å². The summed E-state index contributed by atoms with van der Waals surface area (Å²) in [6.07, 6.45) is 3.65. The van der Waals surface area contributed by atoms with Crippen LogP contribution >= 0.6 is 0 Å². The molecule has 1 atom stereocenters. The topological polar surface area (TPSA) is 79.4 Å². The van der Waals surface area contributed by atoms with Crippen LogP contribution in [0.5, 0.6) is 0 Å². The third-order valence-electron chi connectivity index (χ3n) is 6.85. The maximum atomic E-state index is 12.7. The molecule has 1 unspecified atom stereocenters. The summed E-state index contributed by atoms with van der Waals surface area (Å²) in [6.45, 7) is 4.97. The lowest BCUT2D eigenvalue weighted by molar-refractivity contribution is -0.135. The molecule has 1 aliphatic heterocycles. The van der Waals surface area contributed by atoms with E-state index in [4.69, 9.17) is 0 Å². The van der Waals surface area contributed by atoms with Crippen molar-refractivity contribution in [1.29, 1.82) is 0 Å². The Morgan fingerprint density at radius 2 is 1.87 bits per heavy atom. The first-order valence-electron chi connectivity index (χ1n) is 10.9. The van der Waals surface area contributed by atoms with Crippen molar-refractivity contribution in [2.75, 3.05) is 23.9 Å². The fourth-order valence-corrected chi connectivity index (χ4v) is 6.29. The maximum absolute atomic E-state index is 12.7. The number of aromatic nitrogens is 1. The molecule has 0 saturated carbocycles. The van der Waals surface area contributed by atoms with Crippen LogP contribution < -0.4 is 5.32 Å². The normalized spacial score (nSPS) is 22.0. The van der Waals surface area contributed by atoms with E-state index < -0.39 is 9.84 Å². The van der Waals surface area contributed by atoms with Gasteiger partial charge in [0.15, 0.2) is 0 Å². The first kappa shape index (κ1) is 21.8. The quantitative estimate of drug-likeness (QED) is 0.771. The van der Waals surface area contributed by atoms with Crippen molar-refractivity contribution in [3.8, 4) is 0 Å². The summed E-state index contributed by atoms with van der Waals surface area (Å²) in [4.78, 5) is 18.9. The molecule has 4 rings (SSSR count). The standard InChI is InChI=1S/C24H31N3O3S/c1-24(2)21-7-5-4-6-18(21)14-22(24)26-19-8-9-20(25-15-19)16-27(3)23(28)17-10-12-31(29,30)13-11-17/h4-9,15,17,22,26H,10-14,16H2,1-3H3. The third kappa shape index (κ3) is 4.61. The molecule has 1 fully saturated rings. The number of anilines is 1. The molecule has 2 aliphatic rings. The molecular formula is C24H31N3O3S. The number of rotatable bonds is 5. The minimum absolute atomic E-state index is 0.00405. The van der Waals surface area contributed by atoms with E-state index in [1.165, 1.54) is 11.1 Å². The zero-order valence-corrected chi connectivity index (χ0v) is 19.3. The van der Waals surface area contributed by atoms with Crippen LogP contribution in [-0.2, 0) is 33.0 Å². The van der Waals surface area contributed by atoms with Gasteiger partial charge in [0.2, 0.25) is 5.91 Å². The zero-order valence-electron chi connectivity index (χ0n) is 18.5. The summed E-state index contributed by atoms with van der Waals surface area (Å²) in [5, 5.41) is 3.64. The van der Waals surface area contributed by atoms with Gasteiger partial charge in [-0.15, -0.1) is 0 Å². The van der Waals surface area contributed by atoms with E-state index in [0.717, 1.165) is 17.8 Å². The molecule has 2 heterocycles. The van der Waals surface area contributed by atoms with Crippen molar-refractivity contribution in [2.24, 2.45) is 5.92 Å². The molecule has 6 nitrogen and oxygen atoms in total. The van der Waals surface area contributed by atoms with Crippen LogP contribution in [0.3, 0.4) is 0 Å². The van der Waals surface area contributed by atoms with E-state index in [0.29, 0.717) is 25.4 Å². The number of pyridine rings is 1. The second kappa shape index (κ2) is 8.26. The molecule has 1 amide bonds. The van der Waals surface area contributed by atoms with Crippen molar-refractivity contribution >= 4 is 21.4 Å². The van der Waals surface area contributed by atoms with Gasteiger partial charge < -0.3 is 10.2 Å². The van der Waals surface area contributed by atoms with Crippen LogP contribution in [0.25, 0.3) is 0 Å². The molecule has 0 bridgehead atoms. The lowest BCUT2D eigenvalue weighted by Crippen LogP contribution is -2.37. The Morgan fingerprint density at radius 3 is 2.52 bits per heavy atom. The maximum Gasteiger partial charge on any atom is 0.225 e. The largest absolute Gasteiger partial charge is 0.380 e. The average Bonchev–Trinajstić information content (AvgIpc) is 2.99. The van der Waals surface area contributed by atoms with Crippen molar-refractivity contribution < 1.29 is 13.2 Å². The highest BCUT2D eigenvalue weighted by molar-refractivity contribution is 7.91. The van der Waals surface area contributed by atoms with E-state index in [9.17, 15) is 13.2 Å². The minimum Gasteiger partial charge on any atom is -0.380 e. The Labute approximate surface area is 185 Å². The van der Waals surface area contributed by atoms with E-state index in [-0.39, 0.29) is 28.7 Å². The highest BCUT2D eigenvalue weighted by atomic mass is 32.2. The number of hydrogen-bond acceptors (Lipinski definition) is 5. The van der Waals surface area contributed by atoms with Gasteiger partial charge in [-0.3, -0.25) is 9.78 Å². The molecule has 2 aromatic rings. The SMILES string of the molecule is CN(Cc1ccc(NC2Cc3ccccc3C2(C)C)cn1)C(=O)C1CCS(=O)(=O)CC1. The fourth-order valence-electron chi connectivity index (χ4n) is 4.80. The molecule has 0 spiro atoms. The summed E-state index contributed by atoms with van der Waals surface area (Å²) < 4.78 is 23.2. The van der Waals surface area contributed by atoms with E-state index in [1.807, 2.05) is 18.3 Å². The molecule has 7 heteroatoms. The lowest BCUT2D eigenvalue weighted by Gasteiger charge is -2.30. The molecule has 166 valence electrons. The number of benzene rings is 1. The molecule has 1 saturated heterocycles. The van der Waals surface area contributed by atoms with E-state index >= 15 is 0 Å². The Bertz CT molecular complexity index is 1050. The van der Waals surface area contributed by atoms with Crippen molar-refractivity contribution in [3.63, 3.8) is 0 Å². The molecule has 31 heavy (non-hydrogen) atoms. The first-order valence-corrected chi connectivity index (χ1v) is 12.7. The fraction of sp³-hybridized carbons (Fsp3) is 0.500. The summed E-state index contributed by atoms with van der Waals surface area (Å²) in [5.74, 6) is 0.0131. The second-order valence-electron chi connectivity index (χ2n) is 9.44. The number of sulfone groups is 1. The minimum atomic E-state index is -2.96. The van der Waals surface area contributed by atoms with Crippen molar-refractivity contribution in [2.45, 2.75) is 51.1 Å². The van der Waals surface area contributed by atoms with E-state index in [1.54, 1.807) is 11.9 Å². The van der Waals surface area contributed by atoms with Gasteiger partial charge in [0.1, 0.15) is 9.84 Å². The number of nitrogens with one attached hydrogen (secondary N) is 1. The first-order chi connectivity index (χ1) is 14.7.